The van der Waals surface area contributed by atoms with Crippen LogP contribution in [0.25, 0.3) is 0 Å². The maximum Gasteiger partial charge on any atom is 0.255 e. The molecule has 0 spiro atoms. The maximum atomic E-state index is 12.9. The second-order valence-electron chi connectivity index (χ2n) is 8.19. The SMILES string of the molecule is Cc1noc(C)c1COc1ccccc1C(=O)NC(C)C1CC2CCC1C2. The number of fused-ring (bicyclic) bond motifs is 2. The van der Waals surface area contributed by atoms with Gasteiger partial charge in [0.25, 0.3) is 5.91 Å². The van der Waals surface area contributed by atoms with Crippen molar-refractivity contribution in [2.75, 3.05) is 0 Å². The van der Waals surface area contributed by atoms with Crippen molar-refractivity contribution in [2.24, 2.45) is 17.8 Å². The van der Waals surface area contributed by atoms with Crippen LogP contribution in [-0.2, 0) is 6.61 Å². The van der Waals surface area contributed by atoms with Crippen LogP contribution in [0.2, 0.25) is 0 Å². The van der Waals surface area contributed by atoms with Crippen molar-refractivity contribution < 1.29 is 14.1 Å². The zero-order valence-corrected chi connectivity index (χ0v) is 16.3. The summed E-state index contributed by atoms with van der Waals surface area (Å²) >= 11 is 0. The lowest BCUT2D eigenvalue weighted by Crippen LogP contribution is -2.40. The van der Waals surface area contributed by atoms with Crippen LogP contribution in [-0.4, -0.2) is 17.1 Å². The highest BCUT2D eigenvalue weighted by atomic mass is 16.5. The van der Waals surface area contributed by atoms with E-state index in [0.717, 1.165) is 28.9 Å². The summed E-state index contributed by atoms with van der Waals surface area (Å²) in [5.74, 6) is 3.57. The third-order valence-electron chi connectivity index (χ3n) is 6.48. The van der Waals surface area contributed by atoms with Crippen molar-refractivity contribution in [3.8, 4) is 5.75 Å². The molecule has 1 N–H and O–H groups in total. The molecule has 2 fully saturated rings. The molecule has 0 radical (unpaired) electrons. The number of nitrogens with one attached hydrogen (secondary N) is 1. The number of carbonyl (C=O) groups excluding carboxylic acids is 1. The summed E-state index contributed by atoms with van der Waals surface area (Å²) in [5.41, 5.74) is 2.33. The van der Waals surface area contributed by atoms with Gasteiger partial charge < -0.3 is 14.6 Å². The van der Waals surface area contributed by atoms with Crippen LogP contribution in [0.4, 0.5) is 0 Å². The van der Waals surface area contributed by atoms with E-state index >= 15 is 0 Å². The molecule has 4 atom stereocenters. The van der Waals surface area contributed by atoms with E-state index in [-0.39, 0.29) is 11.9 Å². The van der Waals surface area contributed by atoms with Crippen molar-refractivity contribution in [2.45, 2.75) is 59.1 Å². The highest BCUT2D eigenvalue weighted by Crippen LogP contribution is 2.49. The maximum absolute atomic E-state index is 12.9. The van der Waals surface area contributed by atoms with Gasteiger partial charge in [-0.25, -0.2) is 0 Å². The van der Waals surface area contributed by atoms with Crippen molar-refractivity contribution in [3.63, 3.8) is 0 Å². The van der Waals surface area contributed by atoms with Gasteiger partial charge in [0.15, 0.2) is 0 Å². The van der Waals surface area contributed by atoms with Crippen LogP contribution in [0.5, 0.6) is 5.75 Å². The summed E-state index contributed by atoms with van der Waals surface area (Å²) in [4.78, 5) is 12.9. The Kier molecular flexibility index (Phi) is 4.94. The van der Waals surface area contributed by atoms with Crippen molar-refractivity contribution in [1.82, 2.24) is 10.5 Å². The first-order chi connectivity index (χ1) is 13.0. The van der Waals surface area contributed by atoms with E-state index in [1.807, 2.05) is 38.1 Å². The predicted molar refractivity (Wildman–Crippen MR) is 103 cm³/mol. The second kappa shape index (κ2) is 7.37. The molecule has 1 amide bonds. The molecule has 0 saturated heterocycles. The van der Waals surface area contributed by atoms with Gasteiger partial charge in [-0.3, -0.25) is 4.79 Å². The van der Waals surface area contributed by atoms with E-state index in [2.05, 4.69) is 17.4 Å². The topological polar surface area (TPSA) is 64.4 Å². The fourth-order valence-electron chi connectivity index (χ4n) is 4.94. The predicted octanol–water partition coefficient (Wildman–Crippen LogP) is 4.42. The van der Waals surface area contributed by atoms with Crippen LogP contribution in [0.15, 0.2) is 28.8 Å². The van der Waals surface area contributed by atoms with Crippen molar-refractivity contribution >= 4 is 5.91 Å². The molecule has 5 nitrogen and oxygen atoms in total. The van der Waals surface area contributed by atoms with Gasteiger partial charge in [0.2, 0.25) is 0 Å². The van der Waals surface area contributed by atoms with Gasteiger partial charge >= 0.3 is 0 Å². The van der Waals surface area contributed by atoms with Crippen molar-refractivity contribution in [3.05, 3.63) is 46.8 Å². The van der Waals surface area contributed by atoms with E-state index in [4.69, 9.17) is 9.26 Å². The summed E-state index contributed by atoms with van der Waals surface area (Å²) < 4.78 is 11.1. The zero-order chi connectivity index (χ0) is 19.0. The minimum absolute atomic E-state index is 0.0559. The molecule has 1 aromatic carbocycles. The Morgan fingerprint density at radius 3 is 2.78 bits per heavy atom. The number of aryl methyl sites for hydroxylation is 2. The van der Waals surface area contributed by atoms with Crippen molar-refractivity contribution in [1.29, 1.82) is 0 Å². The summed E-state index contributed by atoms with van der Waals surface area (Å²) in [6.45, 7) is 6.25. The van der Waals surface area contributed by atoms with Gasteiger partial charge in [0, 0.05) is 6.04 Å². The molecule has 1 heterocycles. The number of nitrogens with zero attached hydrogens (tertiary/aromatic N) is 1. The fourth-order valence-corrected chi connectivity index (χ4v) is 4.94. The molecular formula is C22H28N2O3. The van der Waals surface area contributed by atoms with E-state index < -0.39 is 0 Å². The Labute approximate surface area is 160 Å². The van der Waals surface area contributed by atoms with E-state index in [1.54, 1.807) is 0 Å². The number of rotatable bonds is 6. The minimum atomic E-state index is -0.0559. The number of benzene rings is 1. The third kappa shape index (κ3) is 3.60. The molecule has 4 rings (SSSR count). The number of ether oxygens (including phenoxy) is 1. The monoisotopic (exact) mass is 368 g/mol. The number of hydrogen-bond acceptors (Lipinski definition) is 4. The summed E-state index contributed by atoms with van der Waals surface area (Å²) in [6.07, 6.45) is 5.31. The van der Waals surface area contributed by atoms with Gasteiger partial charge in [-0.1, -0.05) is 23.7 Å². The average Bonchev–Trinajstić information content (AvgIpc) is 3.37. The summed E-state index contributed by atoms with van der Waals surface area (Å²) in [5, 5.41) is 7.18. The molecule has 0 aliphatic heterocycles. The molecule has 27 heavy (non-hydrogen) atoms. The second-order valence-corrected chi connectivity index (χ2v) is 8.19. The van der Waals surface area contributed by atoms with Gasteiger partial charge in [0.1, 0.15) is 18.1 Å². The number of hydrogen-bond donors (Lipinski definition) is 1. The lowest BCUT2D eigenvalue weighted by molar-refractivity contribution is 0.0910. The van der Waals surface area contributed by atoms with Gasteiger partial charge in [-0.05, 0) is 69.9 Å². The lowest BCUT2D eigenvalue weighted by Gasteiger charge is -2.28. The molecular weight excluding hydrogens is 340 g/mol. The molecule has 5 heteroatoms. The Morgan fingerprint density at radius 2 is 2.11 bits per heavy atom. The lowest BCUT2D eigenvalue weighted by atomic mass is 9.84. The molecule has 4 unspecified atom stereocenters. The molecule has 2 aliphatic rings. The van der Waals surface area contributed by atoms with Gasteiger partial charge in [-0.15, -0.1) is 0 Å². The van der Waals surface area contributed by atoms with Gasteiger partial charge in [-0.2, -0.15) is 0 Å². The highest BCUT2D eigenvalue weighted by Gasteiger charge is 2.42. The standard InChI is InChI=1S/C22H28N2O3/c1-13(19-11-16-8-9-17(19)10-16)23-22(25)18-6-4-5-7-21(18)26-12-20-14(2)24-27-15(20)3/h4-7,13,16-17,19H,8-12H2,1-3H3,(H,23,25). The molecule has 1 aromatic heterocycles. The Morgan fingerprint density at radius 1 is 1.30 bits per heavy atom. The number of carbonyl (C=O) groups is 1. The molecule has 2 aromatic rings. The van der Waals surface area contributed by atoms with Crippen LogP contribution in [0, 0.1) is 31.6 Å². The van der Waals surface area contributed by atoms with Crippen LogP contribution < -0.4 is 10.1 Å². The fraction of sp³-hybridized carbons (Fsp3) is 0.545. The van der Waals surface area contributed by atoms with E-state index in [0.29, 0.717) is 23.8 Å². The summed E-state index contributed by atoms with van der Waals surface area (Å²) in [6, 6.07) is 7.63. The molecule has 144 valence electrons. The average molecular weight is 368 g/mol. The van der Waals surface area contributed by atoms with E-state index in [9.17, 15) is 4.79 Å². The minimum Gasteiger partial charge on any atom is -0.488 e. The number of para-hydroxylation sites is 1. The van der Waals surface area contributed by atoms with Crippen LogP contribution in [0.3, 0.4) is 0 Å². The summed E-state index contributed by atoms with van der Waals surface area (Å²) in [7, 11) is 0. The third-order valence-corrected chi connectivity index (χ3v) is 6.48. The largest absolute Gasteiger partial charge is 0.488 e. The Hall–Kier alpha value is -2.30. The van der Waals surface area contributed by atoms with Gasteiger partial charge in [0.05, 0.1) is 16.8 Å². The van der Waals surface area contributed by atoms with E-state index in [1.165, 1.54) is 25.7 Å². The first kappa shape index (κ1) is 18.1. The number of amides is 1. The van der Waals surface area contributed by atoms with Crippen LogP contribution in [0.1, 0.15) is 60.0 Å². The highest BCUT2D eigenvalue weighted by molar-refractivity contribution is 5.97. The zero-order valence-electron chi connectivity index (χ0n) is 16.3. The van der Waals surface area contributed by atoms with Crippen LogP contribution >= 0.6 is 0 Å². The normalized spacial score (nSPS) is 24.8. The smallest absolute Gasteiger partial charge is 0.255 e. The number of aromatic nitrogens is 1. The molecule has 2 saturated carbocycles. The first-order valence-corrected chi connectivity index (χ1v) is 9.97. The molecule has 2 aliphatic carbocycles. The quantitative estimate of drug-likeness (QED) is 0.819. The Balaban J connectivity index is 1.43. The first-order valence-electron chi connectivity index (χ1n) is 9.97. The molecule has 2 bridgehead atoms. The Bertz CT molecular complexity index is 809.